The van der Waals surface area contributed by atoms with Crippen molar-refractivity contribution in [1.29, 1.82) is 0 Å². The van der Waals surface area contributed by atoms with Crippen molar-refractivity contribution in [3.05, 3.63) is 36.0 Å². The smallest absolute Gasteiger partial charge is 0.353 e. The number of hydrogen-bond donors (Lipinski definition) is 2. The number of aromatic nitrogens is 1. The number of nitrogens with one attached hydrogen (secondary N) is 1. The summed E-state index contributed by atoms with van der Waals surface area (Å²) < 4.78 is 23.1. The first-order valence-corrected chi connectivity index (χ1v) is 7.94. The van der Waals surface area contributed by atoms with Gasteiger partial charge >= 0.3 is 7.60 Å². The van der Waals surface area contributed by atoms with Crippen molar-refractivity contribution in [2.75, 3.05) is 13.2 Å². The van der Waals surface area contributed by atoms with Gasteiger partial charge in [0.2, 0.25) is 0 Å². The maximum absolute atomic E-state index is 12.6. The van der Waals surface area contributed by atoms with Crippen molar-refractivity contribution < 1.29 is 13.6 Å². The van der Waals surface area contributed by atoms with Crippen LogP contribution in [0.2, 0.25) is 0 Å². The minimum atomic E-state index is -3.34. The van der Waals surface area contributed by atoms with Crippen LogP contribution in [0.25, 0.3) is 10.9 Å². The Morgan fingerprint density at radius 1 is 1.26 bits per heavy atom. The van der Waals surface area contributed by atoms with Crippen molar-refractivity contribution in [1.82, 2.24) is 4.98 Å². The topological polar surface area (TPSA) is 77.3 Å². The number of fused-ring (bicyclic) bond motifs is 1. The molecule has 0 radical (unpaired) electrons. The van der Waals surface area contributed by atoms with Crippen molar-refractivity contribution in [2.24, 2.45) is 5.73 Å². The van der Waals surface area contributed by atoms with E-state index in [9.17, 15) is 4.57 Å². The molecule has 2 rings (SSSR count). The molecular formula is C13H19N2O3P. The first kappa shape index (κ1) is 14.3. The third-order valence-electron chi connectivity index (χ3n) is 2.83. The summed E-state index contributed by atoms with van der Waals surface area (Å²) in [5.41, 5.74) is 7.68. The highest BCUT2D eigenvalue weighted by Gasteiger charge is 2.34. The van der Waals surface area contributed by atoms with Crippen molar-refractivity contribution in [3.8, 4) is 0 Å². The van der Waals surface area contributed by atoms with Gasteiger partial charge < -0.3 is 19.8 Å². The summed E-state index contributed by atoms with van der Waals surface area (Å²) >= 11 is 0. The fourth-order valence-electron chi connectivity index (χ4n) is 1.98. The van der Waals surface area contributed by atoms with Gasteiger partial charge in [-0.1, -0.05) is 18.2 Å². The lowest BCUT2D eigenvalue weighted by atomic mass is 10.2. The molecule has 5 nitrogen and oxygen atoms in total. The van der Waals surface area contributed by atoms with Crippen LogP contribution in [-0.2, 0) is 13.6 Å². The Hall–Kier alpha value is -1.13. The van der Waals surface area contributed by atoms with E-state index in [1.54, 1.807) is 13.8 Å². The molecule has 104 valence electrons. The van der Waals surface area contributed by atoms with E-state index in [-0.39, 0.29) is 0 Å². The van der Waals surface area contributed by atoms with E-state index in [0.717, 1.165) is 10.9 Å². The molecule has 3 N–H and O–H groups in total. The zero-order chi connectivity index (χ0) is 13.9. The molecule has 1 unspecified atom stereocenters. The van der Waals surface area contributed by atoms with E-state index in [0.29, 0.717) is 18.9 Å². The Kier molecular flexibility index (Phi) is 4.42. The summed E-state index contributed by atoms with van der Waals surface area (Å²) in [7, 11) is -3.34. The number of rotatable bonds is 6. The first-order valence-electron chi connectivity index (χ1n) is 6.32. The third-order valence-corrected chi connectivity index (χ3v) is 5.02. The lowest BCUT2D eigenvalue weighted by molar-refractivity contribution is 0.212. The predicted molar refractivity (Wildman–Crippen MR) is 76.1 cm³/mol. The highest BCUT2D eigenvalue weighted by Crippen LogP contribution is 2.58. The minimum absolute atomic E-state index is 0.297. The Morgan fingerprint density at radius 3 is 2.47 bits per heavy atom. The molecule has 0 aliphatic heterocycles. The molecule has 0 aliphatic carbocycles. The fraction of sp³-hybridized carbons (Fsp3) is 0.385. The molecular weight excluding hydrogens is 263 g/mol. The van der Waals surface area contributed by atoms with Crippen LogP contribution in [0.1, 0.15) is 25.3 Å². The number of nitrogens with two attached hydrogens (primary N) is 1. The van der Waals surface area contributed by atoms with E-state index in [4.69, 9.17) is 14.8 Å². The van der Waals surface area contributed by atoms with E-state index < -0.39 is 13.4 Å². The summed E-state index contributed by atoms with van der Waals surface area (Å²) in [6, 6.07) is 9.66. The van der Waals surface area contributed by atoms with Gasteiger partial charge in [-0.2, -0.15) is 0 Å². The Balaban J connectivity index is 2.35. The molecule has 0 saturated heterocycles. The van der Waals surface area contributed by atoms with Gasteiger partial charge in [0.05, 0.1) is 13.2 Å². The van der Waals surface area contributed by atoms with Crippen LogP contribution in [0.3, 0.4) is 0 Å². The summed E-state index contributed by atoms with van der Waals surface area (Å²) in [6.45, 7) is 4.13. The second-order valence-electron chi connectivity index (χ2n) is 4.13. The minimum Gasteiger partial charge on any atom is -0.357 e. The average molecular weight is 282 g/mol. The second kappa shape index (κ2) is 5.88. The van der Waals surface area contributed by atoms with Gasteiger partial charge in [0.15, 0.2) is 0 Å². The first-order chi connectivity index (χ1) is 9.10. The van der Waals surface area contributed by atoms with Crippen molar-refractivity contribution >= 4 is 18.5 Å². The Bertz CT molecular complexity index is 553. The van der Waals surface area contributed by atoms with Crippen LogP contribution >= 0.6 is 7.60 Å². The molecule has 0 fully saturated rings. The summed E-state index contributed by atoms with van der Waals surface area (Å²) in [5.74, 6) is -0.806. The van der Waals surface area contributed by atoms with Crippen LogP contribution in [0, 0.1) is 0 Å². The molecule has 0 spiro atoms. The maximum atomic E-state index is 12.6. The maximum Gasteiger partial charge on any atom is 0.353 e. The van der Waals surface area contributed by atoms with E-state index >= 15 is 0 Å². The Labute approximate surface area is 112 Å². The third kappa shape index (κ3) is 2.90. The van der Waals surface area contributed by atoms with E-state index in [1.165, 1.54) is 0 Å². The standard InChI is InChI=1S/C13H19N2O3P/c1-3-17-19(16,18-4-2)13(14)12-9-10-7-5-6-8-11(10)15-12/h5-9,13,15H,3-4,14H2,1-2H3. The number of hydrogen-bond acceptors (Lipinski definition) is 4. The van der Waals surface area contributed by atoms with Gasteiger partial charge in [0.1, 0.15) is 5.78 Å². The molecule has 1 atom stereocenters. The highest BCUT2D eigenvalue weighted by atomic mass is 31.2. The van der Waals surface area contributed by atoms with Crippen LogP contribution < -0.4 is 5.73 Å². The average Bonchev–Trinajstić information content (AvgIpc) is 2.82. The van der Waals surface area contributed by atoms with Crippen LogP contribution in [0.15, 0.2) is 30.3 Å². The number of benzene rings is 1. The number of H-pyrrole nitrogens is 1. The largest absolute Gasteiger partial charge is 0.357 e. The van der Waals surface area contributed by atoms with Gasteiger partial charge in [-0.05, 0) is 31.4 Å². The lowest BCUT2D eigenvalue weighted by Crippen LogP contribution is -2.15. The molecule has 0 amide bonds. The molecule has 19 heavy (non-hydrogen) atoms. The predicted octanol–water partition coefficient (Wildman–Crippen LogP) is 3.39. The summed E-state index contributed by atoms with van der Waals surface area (Å²) in [6.07, 6.45) is 0. The monoisotopic (exact) mass is 282 g/mol. The normalized spacial score (nSPS) is 13.8. The SMILES string of the molecule is CCOP(=O)(OCC)C(N)c1cc2ccccc2[nH]1. The fourth-order valence-corrected chi connectivity index (χ4v) is 3.58. The van der Waals surface area contributed by atoms with E-state index in [1.807, 2.05) is 30.3 Å². The molecule has 6 heteroatoms. The van der Waals surface area contributed by atoms with E-state index in [2.05, 4.69) is 4.98 Å². The van der Waals surface area contributed by atoms with Crippen LogP contribution in [0.4, 0.5) is 0 Å². The quantitative estimate of drug-likeness (QED) is 0.796. The Morgan fingerprint density at radius 2 is 1.89 bits per heavy atom. The molecule has 1 aromatic carbocycles. The molecule has 0 aliphatic rings. The van der Waals surface area contributed by atoms with Gasteiger partial charge in [-0.25, -0.2) is 0 Å². The lowest BCUT2D eigenvalue weighted by Gasteiger charge is -2.22. The zero-order valence-electron chi connectivity index (χ0n) is 11.1. The second-order valence-corrected chi connectivity index (χ2v) is 6.28. The summed E-state index contributed by atoms with van der Waals surface area (Å²) in [5, 5.41) is 1.02. The van der Waals surface area contributed by atoms with Crippen molar-refractivity contribution in [2.45, 2.75) is 19.6 Å². The molecule has 0 saturated carbocycles. The molecule has 1 heterocycles. The van der Waals surface area contributed by atoms with Gasteiger partial charge in [0.25, 0.3) is 0 Å². The summed E-state index contributed by atoms with van der Waals surface area (Å²) in [4.78, 5) is 3.16. The van der Waals surface area contributed by atoms with Gasteiger partial charge in [-0.3, -0.25) is 4.57 Å². The van der Waals surface area contributed by atoms with Gasteiger partial charge in [-0.15, -0.1) is 0 Å². The van der Waals surface area contributed by atoms with Crippen LogP contribution in [-0.4, -0.2) is 18.2 Å². The number of aromatic amines is 1. The molecule has 1 aromatic heterocycles. The van der Waals surface area contributed by atoms with Crippen molar-refractivity contribution in [3.63, 3.8) is 0 Å². The highest BCUT2D eigenvalue weighted by molar-refractivity contribution is 7.54. The molecule has 2 aromatic rings. The van der Waals surface area contributed by atoms with Gasteiger partial charge in [0, 0.05) is 11.2 Å². The zero-order valence-corrected chi connectivity index (χ0v) is 12.0. The number of para-hydroxylation sites is 1. The van der Waals surface area contributed by atoms with Crippen LogP contribution in [0.5, 0.6) is 0 Å². The molecule has 0 bridgehead atoms.